The molecule has 0 bridgehead atoms. The van der Waals surface area contributed by atoms with Gasteiger partial charge in [-0.15, -0.1) is 5.10 Å². The summed E-state index contributed by atoms with van der Waals surface area (Å²) in [5.41, 5.74) is 0.997. The molecule has 25 heavy (non-hydrogen) atoms. The Morgan fingerprint density at radius 1 is 1.20 bits per heavy atom. The average Bonchev–Trinajstić information content (AvgIpc) is 2.91. The molecule has 128 valence electrons. The SMILES string of the molecule is O=C(Cn1nc(-c2ccc(F)cc2)oc1=O)Nc1ccc(Br)cc1Br. The minimum Gasteiger partial charge on any atom is -0.388 e. The number of anilines is 1. The minimum absolute atomic E-state index is 0.0163. The monoisotopic (exact) mass is 469 g/mol. The van der Waals surface area contributed by atoms with Gasteiger partial charge in [0.05, 0.1) is 5.69 Å². The molecule has 1 N–H and O–H groups in total. The number of nitrogens with one attached hydrogen (secondary N) is 1. The average molecular weight is 471 g/mol. The van der Waals surface area contributed by atoms with E-state index in [1.807, 2.05) is 0 Å². The van der Waals surface area contributed by atoms with Crippen molar-refractivity contribution in [3.05, 3.63) is 67.8 Å². The number of benzene rings is 2. The van der Waals surface area contributed by atoms with Crippen LogP contribution in [0, 0.1) is 5.82 Å². The lowest BCUT2D eigenvalue weighted by molar-refractivity contribution is -0.117. The van der Waals surface area contributed by atoms with E-state index in [-0.39, 0.29) is 12.4 Å². The second kappa shape index (κ2) is 7.32. The van der Waals surface area contributed by atoms with Crippen LogP contribution in [-0.2, 0) is 11.3 Å². The molecule has 0 aliphatic carbocycles. The summed E-state index contributed by atoms with van der Waals surface area (Å²) in [4.78, 5) is 24.0. The molecule has 0 radical (unpaired) electrons. The molecule has 9 heteroatoms. The van der Waals surface area contributed by atoms with Gasteiger partial charge in [-0.05, 0) is 58.4 Å². The summed E-state index contributed by atoms with van der Waals surface area (Å²) in [5.74, 6) is -1.61. The lowest BCUT2D eigenvalue weighted by atomic mass is 10.2. The van der Waals surface area contributed by atoms with E-state index in [1.165, 1.54) is 24.3 Å². The maximum absolute atomic E-state index is 12.9. The zero-order valence-electron chi connectivity index (χ0n) is 12.5. The molecule has 0 saturated heterocycles. The molecule has 1 aromatic heterocycles. The van der Waals surface area contributed by atoms with Crippen molar-refractivity contribution in [2.45, 2.75) is 6.54 Å². The maximum atomic E-state index is 12.9. The van der Waals surface area contributed by atoms with Crippen LogP contribution in [-0.4, -0.2) is 15.7 Å². The van der Waals surface area contributed by atoms with Gasteiger partial charge < -0.3 is 9.73 Å². The molecule has 0 atom stereocenters. The van der Waals surface area contributed by atoms with Gasteiger partial charge in [0.1, 0.15) is 12.4 Å². The number of aromatic nitrogens is 2. The number of amides is 1. The van der Waals surface area contributed by atoms with Gasteiger partial charge in [0, 0.05) is 14.5 Å². The van der Waals surface area contributed by atoms with Crippen molar-refractivity contribution >= 4 is 43.5 Å². The molecule has 3 rings (SSSR count). The first-order valence-electron chi connectivity index (χ1n) is 7.01. The fourth-order valence-electron chi connectivity index (χ4n) is 2.03. The molecule has 0 fully saturated rings. The van der Waals surface area contributed by atoms with Crippen LogP contribution in [0.5, 0.6) is 0 Å². The Hall–Kier alpha value is -2.26. The van der Waals surface area contributed by atoms with Gasteiger partial charge in [0.25, 0.3) is 0 Å². The molecule has 0 aliphatic rings. The van der Waals surface area contributed by atoms with E-state index in [1.54, 1.807) is 18.2 Å². The largest absolute Gasteiger partial charge is 0.437 e. The summed E-state index contributed by atoms with van der Waals surface area (Å²) < 4.78 is 20.4. The van der Waals surface area contributed by atoms with Crippen molar-refractivity contribution in [1.29, 1.82) is 0 Å². The van der Waals surface area contributed by atoms with Gasteiger partial charge in [-0.3, -0.25) is 4.79 Å². The van der Waals surface area contributed by atoms with Crippen LogP contribution < -0.4 is 11.1 Å². The van der Waals surface area contributed by atoms with E-state index in [9.17, 15) is 14.0 Å². The second-order valence-electron chi connectivity index (χ2n) is 5.01. The number of nitrogens with zero attached hydrogens (tertiary/aromatic N) is 2. The number of carbonyl (C=O) groups is 1. The summed E-state index contributed by atoms with van der Waals surface area (Å²) in [6.07, 6.45) is 0. The Morgan fingerprint density at radius 3 is 2.60 bits per heavy atom. The molecule has 2 aromatic carbocycles. The highest BCUT2D eigenvalue weighted by Gasteiger charge is 2.14. The molecule has 6 nitrogen and oxygen atoms in total. The third-order valence-electron chi connectivity index (χ3n) is 3.20. The lowest BCUT2D eigenvalue weighted by Crippen LogP contribution is -2.26. The highest BCUT2D eigenvalue weighted by molar-refractivity contribution is 9.11. The van der Waals surface area contributed by atoms with Crippen molar-refractivity contribution < 1.29 is 13.6 Å². The normalized spacial score (nSPS) is 10.7. The van der Waals surface area contributed by atoms with Crippen molar-refractivity contribution in [2.75, 3.05) is 5.32 Å². The lowest BCUT2D eigenvalue weighted by Gasteiger charge is -2.07. The highest BCUT2D eigenvalue weighted by atomic mass is 79.9. The zero-order valence-corrected chi connectivity index (χ0v) is 15.7. The highest BCUT2D eigenvalue weighted by Crippen LogP contribution is 2.26. The molecule has 1 amide bonds. The van der Waals surface area contributed by atoms with Crippen LogP contribution in [0.15, 0.2) is 60.6 Å². The molecule has 0 saturated carbocycles. The van der Waals surface area contributed by atoms with E-state index in [0.717, 1.165) is 9.15 Å². The predicted octanol–water partition coefficient (Wildman–Crippen LogP) is 3.81. The molecular weight excluding hydrogens is 461 g/mol. The molecule has 0 spiro atoms. The van der Waals surface area contributed by atoms with Gasteiger partial charge >= 0.3 is 5.76 Å². The van der Waals surface area contributed by atoms with Gasteiger partial charge in [-0.1, -0.05) is 15.9 Å². The van der Waals surface area contributed by atoms with Crippen molar-refractivity contribution in [3.63, 3.8) is 0 Å². The Bertz CT molecular complexity index is 983. The Morgan fingerprint density at radius 2 is 1.92 bits per heavy atom. The zero-order chi connectivity index (χ0) is 18.0. The van der Waals surface area contributed by atoms with Gasteiger partial charge in [-0.2, -0.15) is 4.68 Å². The first kappa shape index (κ1) is 17.6. The van der Waals surface area contributed by atoms with Crippen LogP contribution in [0.1, 0.15) is 0 Å². The van der Waals surface area contributed by atoms with Crippen molar-refractivity contribution in [3.8, 4) is 11.5 Å². The Kier molecular flexibility index (Phi) is 5.14. The smallest absolute Gasteiger partial charge is 0.388 e. The summed E-state index contributed by atoms with van der Waals surface area (Å²) in [6, 6.07) is 10.6. The molecule has 0 unspecified atom stereocenters. The number of halogens is 3. The summed E-state index contributed by atoms with van der Waals surface area (Å²) >= 11 is 6.66. The van der Waals surface area contributed by atoms with E-state index in [2.05, 4.69) is 42.3 Å². The predicted molar refractivity (Wildman–Crippen MR) is 96.6 cm³/mol. The fraction of sp³-hybridized carbons (Fsp3) is 0.0625. The van der Waals surface area contributed by atoms with E-state index >= 15 is 0 Å². The fourth-order valence-corrected chi connectivity index (χ4v) is 3.18. The first-order valence-corrected chi connectivity index (χ1v) is 8.60. The molecule has 0 aliphatic heterocycles. The van der Waals surface area contributed by atoms with E-state index in [0.29, 0.717) is 15.7 Å². The minimum atomic E-state index is -0.774. The number of hydrogen-bond acceptors (Lipinski definition) is 4. The van der Waals surface area contributed by atoms with Crippen LogP contribution in [0.3, 0.4) is 0 Å². The van der Waals surface area contributed by atoms with Crippen LogP contribution in [0.25, 0.3) is 11.5 Å². The first-order chi connectivity index (χ1) is 11.9. The second-order valence-corrected chi connectivity index (χ2v) is 6.78. The summed E-state index contributed by atoms with van der Waals surface area (Å²) in [6.45, 7) is -0.313. The number of hydrogen-bond donors (Lipinski definition) is 1. The Balaban J connectivity index is 1.75. The number of rotatable bonds is 4. The quantitative estimate of drug-likeness (QED) is 0.629. The van der Waals surface area contributed by atoms with Gasteiger partial charge in [0.15, 0.2) is 0 Å². The van der Waals surface area contributed by atoms with Gasteiger partial charge in [-0.25, -0.2) is 9.18 Å². The summed E-state index contributed by atoms with van der Waals surface area (Å²) in [7, 11) is 0. The molecule has 1 heterocycles. The van der Waals surface area contributed by atoms with Crippen LogP contribution in [0.4, 0.5) is 10.1 Å². The van der Waals surface area contributed by atoms with Crippen molar-refractivity contribution in [2.24, 2.45) is 0 Å². The Labute approximate surface area is 157 Å². The number of carbonyl (C=O) groups excluding carboxylic acids is 1. The topological polar surface area (TPSA) is 77.1 Å². The van der Waals surface area contributed by atoms with E-state index in [4.69, 9.17) is 4.42 Å². The molecule has 3 aromatic rings. The standard InChI is InChI=1S/C16H10Br2FN3O3/c17-10-3-6-13(12(18)7-10)20-14(23)8-22-16(24)25-15(21-22)9-1-4-11(19)5-2-9/h1-7H,8H2,(H,20,23). The third kappa shape index (κ3) is 4.23. The maximum Gasteiger partial charge on any atom is 0.437 e. The molecular formula is C16H10Br2FN3O3. The van der Waals surface area contributed by atoms with Crippen LogP contribution in [0.2, 0.25) is 0 Å². The van der Waals surface area contributed by atoms with E-state index < -0.39 is 17.5 Å². The third-order valence-corrected chi connectivity index (χ3v) is 4.35. The van der Waals surface area contributed by atoms with Gasteiger partial charge in [0.2, 0.25) is 11.8 Å². The van der Waals surface area contributed by atoms with Crippen LogP contribution >= 0.6 is 31.9 Å². The van der Waals surface area contributed by atoms with Crippen molar-refractivity contribution in [1.82, 2.24) is 9.78 Å². The summed E-state index contributed by atoms with van der Waals surface area (Å²) in [5, 5.41) is 6.63.